The summed E-state index contributed by atoms with van der Waals surface area (Å²) in [7, 11) is 0. The molecule has 1 aliphatic heterocycles. The molecule has 4 heteroatoms. The van der Waals surface area contributed by atoms with Crippen molar-refractivity contribution in [3.8, 4) is 0 Å². The van der Waals surface area contributed by atoms with Crippen molar-refractivity contribution in [3.63, 3.8) is 0 Å². The second kappa shape index (κ2) is 4.49. The monoisotopic (exact) mass is 266 g/mol. The van der Waals surface area contributed by atoms with Crippen molar-refractivity contribution in [1.29, 1.82) is 0 Å². The van der Waals surface area contributed by atoms with Crippen molar-refractivity contribution in [2.75, 3.05) is 0 Å². The predicted octanol–water partition coefficient (Wildman–Crippen LogP) is 2.45. The fourth-order valence-corrected chi connectivity index (χ4v) is 2.75. The molecule has 1 unspecified atom stereocenters. The van der Waals surface area contributed by atoms with Crippen LogP contribution >= 0.6 is 0 Å². The van der Waals surface area contributed by atoms with Crippen LogP contribution in [0.1, 0.15) is 12.0 Å². The summed E-state index contributed by atoms with van der Waals surface area (Å²) in [6.45, 7) is 3.70. The van der Waals surface area contributed by atoms with Crippen LogP contribution in [0.4, 0.5) is 4.79 Å². The van der Waals surface area contributed by atoms with Gasteiger partial charge in [-0.05, 0) is 16.3 Å². The summed E-state index contributed by atoms with van der Waals surface area (Å²) in [5.41, 5.74) is -0.279. The van der Waals surface area contributed by atoms with Crippen molar-refractivity contribution in [3.05, 3.63) is 60.7 Å². The highest BCUT2D eigenvalue weighted by molar-refractivity contribution is 6.09. The molecule has 0 saturated carbocycles. The van der Waals surface area contributed by atoms with E-state index in [-0.39, 0.29) is 5.91 Å². The minimum atomic E-state index is -1.07. The van der Waals surface area contributed by atoms with Gasteiger partial charge >= 0.3 is 6.03 Å². The van der Waals surface area contributed by atoms with Gasteiger partial charge in [-0.1, -0.05) is 48.5 Å². The Bertz CT molecular complexity index is 718. The second-order valence-corrected chi connectivity index (χ2v) is 4.83. The average Bonchev–Trinajstić information content (AvgIpc) is 2.74. The van der Waals surface area contributed by atoms with Gasteiger partial charge in [0.15, 0.2) is 5.54 Å². The number of nitrogens with one attached hydrogen (secondary N) is 2. The summed E-state index contributed by atoms with van der Waals surface area (Å²) in [6, 6.07) is 13.1. The molecule has 3 amide bonds. The van der Waals surface area contributed by atoms with E-state index in [9.17, 15) is 9.59 Å². The first-order valence-electron chi connectivity index (χ1n) is 6.40. The van der Waals surface area contributed by atoms with Gasteiger partial charge in [0.1, 0.15) is 0 Å². The van der Waals surface area contributed by atoms with Crippen molar-refractivity contribution in [2.45, 2.75) is 12.0 Å². The van der Waals surface area contributed by atoms with Gasteiger partial charge in [-0.3, -0.25) is 10.1 Å². The third-order valence-electron chi connectivity index (χ3n) is 3.64. The first-order chi connectivity index (χ1) is 9.67. The number of fused-ring (bicyclic) bond motifs is 1. The number of hydrogen-bond acceptors (Lipinski definition) is 2. The van der Waals surface area contributed by atoms with Gasteiger partial charge < -0.3 is 5.32 Å². The van der Waals surface area contributed by atoms with Crippen LogP contribution in [-0.2, 0) is 10.3 Å². The molecule has 0 aliphatic carbocycles. The normalized spacial score (nSPS) is 21.6. The van der Waals surface area contributed by atoms with Crippen LogP contribution in [-0.4, -0.2) is 11.9 Å². The molecule has 0 radical (unpaired) electrons. The van der Waals surface area contributed by atoms with Crippen LogP contribution in [0.15, 0.2) is 55.1 Å². The van der Waals surface area contributed by atoms with Crippen molar-refractivity contribution >= 4 is 22.7 Å². The highest BCUT2D eigenvalue weighted by atomic mass is 16.2. The summed E-state index contributed by atoms with van der Waals surface area (Å²) in [6.07, 6.45) is 1.99. The van der Waals surface area contributed by atoms with Crippen LogP contribution in [0.2, 0.25) is 0 Å². The van der Waals surface area contributed by atoms with E-state index in [0.29, 0.717) is 6.42 Å². The molecule has 2 aromatic carbocycles. The first kappa shape index (κ1) is 12.4. The Labute approximate surface area is 116 Å². The smallest absolute Gasteiger partial charge is 0.319 e. The zero-order valence-corrected chi connectivity index (χ0v) is 10.8. The molecule has 3 rings (SSSR count). The molecule has 20 heavy (non-hydrogen) atoms. The Kier molecular flexibility index (Phi) is 2.79. The molecule has 0 spiro atoms. The molecular formula is C16H14N2O2. The summed E-state index contributed by atoms with van der Waals surface area (Å²) >= 11 is 0. The summed E-state index contributed by atoms with van der Waals surface area (Å²) in [4.78, 5) is 23.9. The third kappa shape index (κ3) is 1.69. The largest absolute Gasteiger partial charge is 0.322 e. The molecule has 1 saturated heterocycles. The molecule has 0 bridgehead atoms. The third-order valence-corrected chi connectivity index (χ3v) is 3.64. The van der Waals surface area contributed by atoms with Crippen LogP contribution in [0, 0.1) is 0 Å². The lowest BCUT2D eigenvalue weighted by Crippen LogP contribution is -2.43. The van der Waals surface area contributed by atoms with E-state index in [1.165, 1.54) is 0 Å². The minimum Gasteiger partial charge on any atom is -0.319 e. The number of carbonyl (C=O) groups excluding carboxylic acids is 2. The SMILES string of the molecule is C=CCC1(c2cccc3ccccc23)NC(=O)NC1=O. The van der Waals surface area contributed by atoms with Crippen LogP contribution < -0.4 is 10.6 Å². The summed E-state index contributed by atoms with van der Waals surface area (Å²) in [5.74, 6) is -0.334. The summed E-state index contributed by atoms with van der Waals surface area (Å²) < 4.78 is 0. The maximum atomic E-state index is 12.3. The van der Waals surface area contributed by atoms with E-state index in [1.54, 1.807) is 6.08 Å². The van der Waals surface area contributed by atoms with Crippen molar-refractivity contribution < 1.29 is 9.59 Å². The molecule has 4 nitrogen and oxygen atoms in total. The van der Waals surface area contributed by atoms with E-state index in [4.69, 9.17) is 0 Å². The van der Waals surface area contributed by atoms with Crippen molar-refractivity contribution in [1.82, 2.24) is 10.6 Å². The lowest BCUT2D eigenvalue weighted by molar-refractivity contribution is -0.124. The predicted molar refractivity (Wildman–Crippen MR) is 77.1 cm³/mol. The van der Waals surface area contributed by atoms with Gasteiger partial charge in [0.25, 0.3) is 5.91 Å². The van der Waals surface area contributed by atoms with E-state index in [2.05, 4.69) is 17.2 Å². The molecule has 2 aromatic rings. The van der Waals surface area contributed by atoms with Gasteiger partial charge in [0, 0.05) is 6.42 Å². The zero-order valence-electron chi connectivity index (χ0n) is 10.8. The fourth-order valence-electron chi connectivity index (χ4n) is 2.75. The maximum absolute atomic E-state index is 12.3. The minimum absolute atomic E-state index is 0.334. The Morgan fingerprint density at radius 3 is 2.55 bits per heavy atom. The van der Waals surface area contributed by atoms with E-state index >= 15 is 0 Å². The highest BCUT2D eigenvalue weighted by Gasteiger charge is 2.47. The number of benzene rings is 2. The Hall–Kier alpha value is -2.62. The first-order valence-corrected chi connectivity index (χ1v) is 6.40. The maximum Gasteiger partial charge on any atom is 0.322 e. The fraction of sp³-hybridized carbons (Fsp3) is 0.125. The molecule has 1 aliphatic rings. The average molecular weight is 266 g/mol. The standard InChI is InChI=1S/C16H14N2O2/c1-2-10-16(14(19)17-15(20)18-16)13-9-5-7-11-6-3-4-8-12(11)13/h2-9H,1,10H2,(H2,17,18,19,20). The molecule has 100 valence electrons. The van der Waals surface area contributed by atoms with Crippen LogP contribution in [0.5, 0.6) is 0 Å². The topological polar surface area (TPSA) is 58.2 Å². The summed E-state index contributed by atoms with van der Waals surface area (Å²) in [5, 5.41) is 7.06. The Morgan fingerprint density at radius 1 is 1.10 bits per heavy atom. The number of urea groups is 1. The molecule has 2 N–H and O–H groups in total. The van der Waals surface area contributed by atoms with Crippen LogP contribution in [0.25, 0.3) is 10.8 Å². The van der Waals surface area contributed by atoms with Crippen molar-refractivity contribution in [2.24, 2.45) is 0 Å². The van der Waals surface area contributed by atoms with Gasteiger partial charge in [-0.2, -0.15) is 0 Å². The highest BCUT2D eigenvalue weighted by Crippen LogP contribution is 2.34. The molecular weight excluding hydrogens is 252 g/mol. The lowest BCUT2D eigenvalue weighted by atomic mass is 9.83. The quantitative estimate of drug-likeness (QED) is 0.662. The van der Waals surface area contributed by atoms with E-state index in [0.717, 1.165) is 16.3 Å². The molecule has 1 atom stereocenters. The number of carbonyl (C=O) groups is 2. The van der Waals surface area contributed by atoms with Gasteiger partial charge in [-0.15, -0.1) is 6.58 Å². The lowest BCUT2D eigenvalue weighted by Gasteiger charge is -2.26. The van der Waals surface area contributed by atoms with Gasteiger partial charge in [0.2, 0.25) is 0 Å². The second-order valence-electron chi connectivity index (χ2n) is 4.83. The number of rotatable bonds is 3. The number of imide groups is 1. The number of hydrogen-bond donors (Lipinski definition) is 2. The van der Waals surface area contributed by atoms with E-state index < -0.39 is 11.6 Å². The zero-order chi connectivity index (χ0) is 14.2. The van der Waals surface area contributed by atoms with Gasteiger partial charge in [-0.25, -0.2) is 4.79 Å². The Balaban J connectivity index is 2.28. The molecule has 0 aromatic heterocycles. The van der Waals surface area contributed by atoms with Gasteiger partial charge in [0.05, 0.1) is 0 Å². The number of amides is 3. The van der Waals surface area contributed by atoms with Crippen LogP contribution in [0.3, 0.4) is 0 Å². The molecule has 1 heterocycles. The van der Waals surface area contributed by atoms with E-state index in [1.807, 2.05) is 42.5 Å². The molecule has 1 fully saturated rings. The Morgan fingerprint density at radius 2 is 1.85 bits per heavy atom.